The van der Waals surface area contributed by atoms with Crippen molar-refractivity contribution >= 4 is 17.5 Å². The molecular formula is C16H20ClNO2. The third-order valence-corrected chi connectivity index (χ3v) is 4.84. The number of fused-ring (bicyclic) bond motifs is 1. The second-order valence-corrected chi connectivity index (χ2v) is 5.96. The fraction of sp³-hybridized carbons (Fsp3) is 0.562. The minimum Gasteiger partial charge on any atom is -0.493 e. The number of alkyl halides is 1. The van der Waals surface area contributed by atoms with Gasteiger partial charge in [-0.3, -0.25) is 4.79 Å². The Bertz CT molecular complexity index is 483. The highest BCUT2D eigenvalue weighted by molar-refractivity contribution is 6.18. The van der Waals surface area contributed by atoms with Crippen LogP contribution in [-0.2, 0) is 4.79 Å². The average Bonchev–Trinajstić information content (AvgIpc) is 2.54. The van der Waals surface area contributed by atoms with Gasteiger partial charge in [0.2, 0.25) is 5.91 Å². The Labute approximate surface area is 124 Å². The van der Waals surface area contributed by atoms with Crippen LogP contribution in [0.5, 0.6) is 5.75 Å². The van der Waals surface area contributed by atoms with Crippen molar-refractivity contribution in [2.45, 2.75) is 25.2 Å². The monoisotopic (exact) mass is 293 g/mol. The molecule has 20 heavy (non-hydrogen) atoms. The number of carbonyl (C=O) groups excluding carboxylic acids is 1. The van der Waals surface area contributed by atoms with Crippen LogP contribution in [0.25, 0.3) is 0 Å². The summed E-state index contributed by atoms with van der Waals surface area (Å²) < 4.78 is 5.64. The molecule has 2 aliphatic rings. The van der Waals surface area contributed by atoms with Gasteiger partial charge in [0, 0.05) is 24.5 Å². The first-order valence-electron chi connectivity index (χ1n) is 7.36. The minimum atomic E-state index is -0.0347. The smallest absolute Gasteiger partial charge is 0.230 e. The van der Waals surface area contributed by atoms with Gasteiger partial charge < -0.3 is 9.64 Å². The number of ether oxygens (including phenoxy) is 1. The van der Waals surface area contributed by atoms with Crippen molar-refractivity contribution in [2.24, 2.45) is 5.92 Å². The highest BCUT2D eigenvalue weighted by Crippen LogP contribution is 2.35. The molecule has 108 valence electrons. The van der Waals surface area contributed by atoms with Gasteiger partial charge in [-0.2, -0.15) is 0 Å². The first kappa shape index (κ1) is 13.7. The van der Waals surface area contributed by atoms with Gasteiger partial charge in [-0.15, -0.1) is 11.6 Å². The second-order valence-electron chi connectivity index (χ2n) is 5.65. The maximum Gasteiger partial charge on any atom is 0.230 e. The summed E-state index contributed by atoms with van der Waals surface area (Å²) in [7, 11) is 0. The van der Waals surface area contributed by atoms with Gasteiger partial charge >= 0.3 is 0 Å². The summed E-state index contributed by atoms with van der Waals surface area (Å²) in [5, 5.41) is 0. The fourth-order valence-corrected chi connectivity index (χ4v) is 3.44. The summed E-state index contributed by atoms with van der Waals surface area (Å²) in [4.78, 5) is 14.8. The van der Waals surface area contributed by atoms with Gasteiger partial charge in [-0.05, 0) is 31.2 Å². The lowest BCUT2D eigenvalue weighted by atomic mass is 9.90. The van der Waals surface area contributed by atoms with Crippen LogP contribution in [0.4, 0.5) is 0 Å². The molecular weight excluding hydrogens is 274 g/mol. The van der Waals surface area contributed by atoms with Gasteiger partial charge in [-0.25, -0.2) is 0 Å². The molecule has 1 atom stereocenters. The molecule has 4 heteroatoms. The number of carbonyl (C=O) groups is 1. The predicted molar refractivity (Wildman–Crippen MR) is 79.3 cm³/mol. The predicted octanol–water partition coefficient (Wildman–Crippen LogP) is 3.03. The van der Waals surface area contributed by atoms with Crippen LogP contribution in [0, 0.1) is 5.92 Å². The number of amides is 1. The Kier molecular flexibility index (Phi) is 4.16. The zero-order valence-electron chi connectivity index (χ0n) is 11.6. The SMILES string of the molecule is O=C(C1CCOc2ccccc21)N1CCC(CCl)CC1. The quantitative estimate of drug-likeness (QED) is 0.785. The molecule has 0 saturated carbocycles. The number of nitrogens with zero attached hydrogens (tertiary/aromatic N) is 1. The Morgan fingerprint density at radius 3 is 2.75 bits per heavy atom. The number of halogens is 1. The van der Waals surface area contributed by atoms with E-state index in [1.165, 1.54) is 0 Å². The van der Waals surface area contributed by atoms with Crippen molar-refractivity contribution in [3.63, 3.8) is 0 Å². The van der Waals surface area contributed by atoms with E-state index in [9.17, 15) is 4.79 Å². The molecule has 0 aromatic heterocycles. The first-order chi connectivity index (χ1) is 9.79. The summed E-state index contributed by atoms with van der Waals surface area (Å²) in [6, 6.07) is 7.91. The number of para-hydroxylation sites is 1. The third kappa shape index (κ3) is 2.64. The van der Waals surface area contributed by atoms with E-state index < -0.39 is 0 Å². The molecule has 0 radical (unpaired) electrons. The molecule has 1 saturated heterocycles. The number of piperidine rings is 1. The van der Waals surface area contributed by atoms with E-state index in [0.29, 0.717) is 18.4 Å². The van der Waals surface area contributed by atoms with Crippen LogP contribution in [0.2, 0.25) is 0 Å². The van der Waals surface area contributed by atoms with Gasteiger partial charge in [0.05, 0.1) is 12.5 Å². The summed E-state index contributed by atoms with van der Waals surface area (Å²) >= 11 is 5.90. The summed E-state index contributed by atoms with van der Waals surface area (Å²) in [6.07, 6.45) is 2.84. The molecule has 1 amide bonds. The van der Waals surface area contributed by atoms with Crippen LogP contribution < -0.4 is 4.74 Å². The molecule has 2 heterocycles. The van der Waals surface area contributed by atoms with E-state index in [0.717, 1.165) is 43.7 Å². The van der Waals surface area contributed by atoms with E-state index >= 15 is 0 Å². The molecule has 1 aromatic carbocycles. The van der Waals surface area contributed by atoms with E-state index in [-0.39, 0.29) is 11.8 Å². The topological polar surface area (TPSA) is 29.5 Å². The first-order valence-corrected chi connectivity index (χ1v) is 7.89. The molecule has 1 fully saturated rings. The van der Waals surface area contributed by atoms with Crippen LogP contribution in [0.3, 0.4) is 0 Å². The highest BCUT2D eigenvalue weighted by Gasteiger charge is 2.32. The van der Waals surface area contributed by atoms with Crippen molar-refractivity contribution in [3.05, 3.63) is 29.8 Å². The molecule has 0 aliphatic carbocycles. The summed E-state index contributed by atoms with van der Waals surface area (Å²) in [5.41, 5.74) is 1.04. The van der Waals surface area contributed by atoms with Crippen molar-refractivity contribution < 1.29 is 9.53 Å². The van der Waals surface area contributed by atoms with E-state index in [2.05, 4.69) is 0 Å². The molecule has 2 aliphatic heterocycles. The maximum absolute atomic E-state index is 12.7. The van der Waals surface area contributed by atoms with Crippen molar-refractivity contribution in [2.75, 3.05) is 25.6 Å². The molecule has 3 rings (SSSR count). The van der Waals surface area contributed by atoms with Gasteiger partial charge in [0.25, 0.3) is 0 Å². The number of hydrogen-bond donors (Lipinski definition) is 0. The van der Waals surface area contributed by atoms with E-state index in [4.69, 9.17) is 16.3 Å². The zero-order valence-corrected chi connectivity index (χ0v) is 12.3. The van der Waals surface area contributed by atoms with Gasteiger partial charge in [0.15, 0.2) is 0 Å². The maximum atomic E-state index is 12.7. The standard InChI is InChI=1S/C16H20ClNO2/c17-11-12-5-8-18(9-6-12)16(19)14-7-10-20-15-4-2-1-3-13(14)15/h1-4,12,14H,5-11H2. The van der Waals surface area contributed by atoms with E-state index in [1.54, 1.807) is 0 Å². The van der Waals surface area contributed by atoms with Crippen LogP contribution in [0.1, 0.15) is 30.7 Å². The van der Waals surface area contributed by atoms with Crippen molar-refractivity contribution in [1.82, 2.24) is 4.90 Å². The largest absolute Gasteiger partial charge is 0.493 e. The lowest BCUT2D eigenvalue weighted by Crippen LogP contribution is -2.42. The summed E-state index contributed by atoms with van der Waals surface area (Å²) in [6.45, 7) is 2.32. The summed E-state index contributed by atoms with van der Waals surface area (Å²) in [5.74, 6) is 2.37. The van der Waals surface area contributed by atoms with Gasteiger partial charge in [-0.1, -0.05) is 18.2 Å². The molecule has 0 bridgehead atoms. The zero-order chi connectivity index (χ0) is 13.9. The van der Waals surface area contributed by atoms with Crippen LogP contribution in [-0.4, -0.2) is 36.4 Å². The molecule has 3 nitrogen and oxygen atoms in total. The fourth-order valence-electron chi connectivity index (χ4n) is 3.13. The molecule has 1 unspecified atom stereocenters. The van der Waals surface area contributed by atoms with Crippen LogP contribution in [0.15, 0.2) is 24.3 Å². The van der Waals surface area contributed by atoms with Crippen LogP contribution >= 0.6 is 11.6 Å². The average molecular weight is 294 g/mol. The number of likely N-dealkylation sites (tertiary alicyclic amines) is 1. The Hall–Kier alpha value is -1.22. The van der Waals surface area contributed by atoms with Crippen molar-refractivity contribution in [1.29, 1.82) is 0 Å². The molecule has 0 N–H and O–H groups in total. The third-order valence-electron chi connectivity index (χ3n) is 4.40. The molecule has 0 spiro atoms. The Morgan fingerprint density at radius 2 is 2.00 bits per heavy atom. The number of hydrogen-bond acceptors (Lipinski definition) is 2. The van der Waals surface area contributed by atoms with Crippen molar-refractivity contribution in [3.8, 4) is 5.75 Å². The number of rotatable bonds is 2. The lowest BCUT2D eigenvalue weighted by Gasteiger charge is -2.35. The minimum absolute atomic E-state index is 0.0347. The Balaban J connectivity index is 1.72. The number of benzene rings is 1. The lowest BCUT2D eigenvalue weighted by molar-refractivity contribution is -0.134. The second kappa shape index (κ2) is 6.04. The van der Waals surface area contributed by atoms with Gasteiger partial charge in [0.1, 0.15) is 5.75 Å². The highest BCUT2D eigenvalue weighted by atomic mass is 35.5. The normalized spacial score (nSPS) is 23.1. The molecule has 1 aromatic rings. The Morgan fingerprint density at radius 1 is 1.25 bits per heavy atom. The van der Waals surface area contributed by atoms with E-state index in [1.807, 2.05) is 29.2 Å².